The Kier molecular flexibility index (Phi) is 2.76. The number of halogens is 1. The Morgan fingerprint density at radius 3 is 2.72 bits per heavy atom. The lowest BCUT2D eigenvalue weighted by Gasteiger charge is -1.96. The van der Waals surface area contributed by atoms with E-state index in [1.807, 2.05) is 49.5 Å². The van der Waals surface area contributed by atoms with Gasteiger partial charge in [-0.05, 0) is 42.3 Å². The van der Waals surface area contributed by atoms with Gasteiger partial charge >= 0.3 is 0 Å². The summed E-state index contributed by atoms with van der Waals surface area (Å²) in [5.74, 6) is 0.822. The zero-order chi connectivity index (χ0) is 12.5. The van der Waals surface area contributed by atoms with E-state index in [-0.39, 0.29) is 0 Å². The van der Waals surface area contributed by atoms with Crippen molar-refractivity contribution in [3.8, 4) is 0 Å². The lowest BCUT2D eigenvalue weighted by atomic mass is 10.1. The summed E-state index contributed by atoms with van der Waals surface area (Å²) in [7, 11) is 0. The Morgan fingerprint density at radius 2 is 1.94 bits per heavy atom. The highest BCUT2D eigenvalue weighted by Gasteiger charge is 2.04. The maximum absolute atomic E-state index is 5.86. The van der Waals surface area contributed by atoms with Gasteiger partial charge in [-0.25, -0.2) is 9.50 Å². The number of pyridine rings is 1. The minimum absolute atomic E-state index is 0.720. The van der Waals surface area contributed by atoms with Crippen LogP contribution in [-0.2, 0) is 6.42 Å². The predicted octanol–water partition coefficient (Wildman–Crippen LogP) is 3.28. The normalized spacial score (nSPS) is 11.0. The van der Waals surface area contributed by atoms with Crippen LogP contribution in [0.25, 0.3) is 5.65 Å². The lowest BCUT2D eigenvalue weighted by Crippen LogP contribution is -1.91. The molecule has 0 atom stereocenters. The molecule has 3 aromatic rings. The molecule has 0 fully saturated rings. The van der Waals surface area contributed by atoms with E-state index in [1.54, 1.807) is 4.52 Å². The van der Waals surface area contributed by atoms with Crippen LogP contribution < -0.4 is 0 Å². The molecule has 0 saturated heterocycles. The molecule has 2 aromatic heterocycles. The second kappa shape index (κ2) is 4.42. The number of nitrogens with zero attached hydrogens (tertiary/aromatic N) is 3. The maximum Gasteiger partial charge on any atom is 0.156 e. The Labute approximate surface area is 110 Å². The van der Waals surface area contributed by atoms with Crippen molar-refractivity contribution >= 4 is 17.2 Å². The molecule has 18 heavy (non-hydrogen) atoms. The first-order chi connectivity index (χ1) is 8.70. The Bertz CT molecular complexity index is 686. The molecule has 3 rings (SSSR count). The standard InChI is InChI=1S/C14H12ClN3/c1-10-6-7-18-14(8-10)16-13(17-18)9-11-2-4-12(15)5-3-11/h2-8H,9H2,1H3. The van der Waals surface area contributed by atoms with Gasteiger partial charge in [0.05, 0.1) is 0 Å². The second-order valence-corrected chi connectivity index (χ2v) is 4.77. The molecule has 0 aliphatic carbocycles. The average molecular weight is 258 g/mol. The molecule has 0 radical (unpaired) electrons. The molecule has 2 heterocycles. The molecule has 0 N–H and O–H groups in total. The third-order valence-corrected chi connectivity index (χ3v) is 3.06. The highest BCUT2D eigenvalue weighted by molar-refractivity contribution is 6.30. The van der Waals surface area contributed by atoms with Gasteiger partial charge in [-0.15, -0.1) is 0 Å². The number of hydrogen-bond donors (Lipinski definition) is 0. The van der Waals surface area contributed by atoms with Crippen molar-refractivity contribution in [2.75, 3.05) is 0 Å². The van der Waals surface area contributed by atoms with Crippen LogP contribution in [-0.4, -0.2) is 14.6 Å². The summed E-state index contributed by atoms with van der Waals surface area (Å²) in [6.07, 6.45) is 2.65. The molecule has 0 saturated carbocycles. The van der Waals surface area contributed by atoms with Gasteiger partial charge in [0.2, 0.25) is 0 Å². The van der Waals surface area contributed by atoms with E-state index in [1.165, 1.54) is 5.56 Å². The quantitative estimate of drug-likeness (QED) is 0.705. The van der Waals surface area contributed by atoms with Gasteiger partial charge in [0.15, 0.2) is 11.5 Å². The summed E-state index contributed by atoms with van der Waals surface area (Å²) in [4.78, 5) is 4.51. The van der Waals surface area contributed by atoms with Crippen LogP contribution in [0.4, 0.5) is 0 Å². The topological polar surface area (TPSA) is 30.2 Å². The third kappa shape index (κ3) is 2.22. The number of aryl methyl sites for hydroxylation is 1. The molecular weight excluding hydrogens is 246 g/mol. The fraction of sp³-hybridized carbons (Fsp3) is 0.143. The van der Waals surface area contributed by atoms with Crippen molar-refractivity contribution in [1.29, 1.82) is 0 Å². The number of rotatable bonds is 2. The van der Waals surface area contributed by atoms with Crippen molar-refractivity contribution < 1.29 is 0 Å². The third-order valence-electron chi connectivity index (χ3n) is 2.81. The molecular formula is C14H12ClN3. The zero-order valence-electron chi connectivity index (χ0n) is 9.97. The predicted molar refractivity (Wildman–Crippen MR) is 72.0 cm³/mol. The van der Waals surface area contributed by atoms with Crippen LogP contribution in [0, 0.1) is 6.92 Å². The van der Waals surface area contributed by atoms with Gasteiger partial charge in [0.25, 0.3) is 0 Å². The van der Waals surface area contributed by atoms with Crippen LogP contribution in [0.3, 0.4) is 0 Å². The number of benzene rings is 1. The summed E-state index contributed by atoms with van der Waals surface area (Å²) >= 11 is 5.86. The Morgan fingerprint density at radius 1 is 1.17 bits per heavy atom. The minimum atomic E-state index is 0.720. The highest BCUT2D eigenvalue weighted by atomic mass is 35.5. The van der Waals surface area contributed by atoms with E-state index in [4.69, 9.17) is 11.6 Å². The first-order valence-electron chi connectivity index (χ1n) is 5.77. The largest absolute Gasteiger partial charge is 0.221 e. The van der Waals surface area contributed by atoms with Crippen LogP contribution >= 0.6 is 11.6 Å². The number of hydrogen-bond acceptors (Lipinski definition) is 2. The van der Waals surface area contributed by atoms with E-state index >= 15 is 0 Å². The number of aromatic nitrogens is 3. The van der Waals surface area contributed by atoms with Gasteiger partial charge in [0, 0.05) is 17.6 Å². The Hall–Kier alpha value is -1.87. The van der Waals surface area contributed by atoms with Gasteiger partial charge in [-0.2, -0.15) is 5.10 Å². The average Bonchev–Trinajstić information content (AvgIpc) is 2.73. The smallest absolute Gasteiger partial charge is 0.156 e. The van der Waals surface area contributed by atoms with Gasteiger partial charge in [-0.1, -0.05) is 23.7 Å². The summed E-state index contributed by atoms with van der Waals surface area (Å²) in [6.45, 7) is 2.05. The first kappa shape index (κ1) is 11.2. The van der Waals surface area contributed by atoms with Crippen LogP contribution in [0.5, 0.6) is 0 Å². The molecule has 3 nitrogen and oxygen atoms in total. The van der Waals surface area contributed by atoms with Gasteiger partial charge < -0.3 is 0 Å². The SMILES string of the molecule is Cc1ccn2nc(Cc3ccc(Cl)cc3)nc2c1. The second-order valence-electron chi connectivity index (χ2n) is 4.34. The summed E-state index contributed by atoms with van der Waals surface area (Å²) in [5, 5.41) is 5.19. The van der Waals surface area contributed by atoms with Crippen molar-refractivity contribution in [2.24, 2.45) is 0 Å². The van der Waals surface area contributed by atoms with Crippen LogP contribution in [0.15, 0.2) is 42.6 Å². The molecule has 0 unspecified atom stereocenters. The van der Waals surface area contributed by atoms with Gasteiger partial charge in [-0.3, -0.25) is 0 Å². The van der Waals surface area contributed by atoms with Crippen molar-refractivity contribution in [2.45, 2.75) is 13.3 Å². The Balaban J connectivity index is 1.92. The monoisotopic (exact) mass is 257 g/mol. The molecule has 90 valence electrons. The molecule has 0 spiro atoms. The van der Waals surface area contributed by atoms with Gasteiger partial charge in [0.1, 0.15) is 0 Å². The molecule has 0 bridgehead atoms. The van der Waals surface area contributed by atoms with E-state index in [0.29, 0.717) is 0 Å². The molecule has 0 aliphatic rings. The molecule has 0 aliphatic heterocycles. The van der Waals surface area contributed by atoms with Crippen LogP contribution in [0.2, 0.25) is 5.02 Å². The van der Waals surface area contributed by atoms with Crippen LogP contribution in [0.1, 0.15) is 17.0 Å². The highest BCUT2D eigenvalue weighted by Crippen LogP contribution is 2.13. The number of fused-ring (bicyclic) bond motifs is 1. The van der Waals surface area contributed by atoms with E-state index in [9.17, 15) is 0 Å². The lowest BCUT2D eigenvalue weighted by molar-refractivity contribution is 0.898. The first-order valence-corrected chi connectivity index (χ1v) is 6.15. The van der Waals surface area contributed by atoms with Crippen molar-refractivity contribution in [3.05, 3.63) is 64.6 Å². The maximum atomic E-state index is 5.86. The minimum Gasteiger partial charge on any atom is -0.221 e. The van der Waals surface area contributed by atoms with E-state index < -0.39 is 0 Å². The van der Waals surface area contributed by atoms with Crippen molar-refractivity contribution in [1.82, 2.24) is 14.6 Å². The molecule has 4 heteroatoms. The van der Waals surface area contributed by atoms with Crippen molar-refractivity contribution in [3.63, 3.8) is 0 Å². The fourth-order valence-electron chi connectivity index (χ4n) is 1.89. The van der Waals surface area contributed by atoms with E-state index in [0.717, 1.165) is 28.5 Å². The van der Waals surface area contributed by atoms with E-state index in [2.05, 4.69) is 10.1 Å². The summed E-state index contributed by atoms with van der Waals surface area (Å²) in [6, 6.07) is 11.8. The zero-order valence-corrected chi connectivity index (χ0v) is 10.7. The molecule has 1 aromatic carbocycles. The summed E-state index contributed by atoms with van der Waals surface area (Å²) < 4.78 is 1.80. The fourth-order valence-corrected chi connectivity index (χ4v) is 2.02. The summed E-state index contributed by atoms with van der Waals surface area (Å²) in [5.41, 5.74) is 3.24. The molecule has 0 amide bonds.